The summed E-state index contributed by atoms with van der Waals surface area (Å²) in [6.07, 6.45) is -2.57. The average Bonchev–Trinajstić information content (AvgIpc) is 2.99. The van der Waals surface area contributed by atoms with Crippen molar-refractivity contribution in [2.45, 2.75) is 18.1 Å². The first-order valence-corrected chi connectivity index (χ1v) is 7.68. The maximum absolute atomic E-state index is 11.9. The molecule has 0 fully saturated rings. The number of rotatable bonds is 4. The molecule has 0 saturated carbocycles. The molecule has 1 aromatic heterocycles. The number of aromatic nitrogens is 1. The van der Waals surface area contributed by atoms with Crippen LogP contribution in [-0.2, 0) is 9.59 Å². The molecular formula is C16H19N3O7. The Balaban J connectivity index is 0.000000213. The van der Waals surface area contributed by atoms with Crippen LogP contribution in [0.5, 0.6) is 0 Å². The molecule has 140 valence electrons. The van der Waals surface area contributed by atoms with Crippen molar-refractivity contribution < 1.29 is 34.8 Å². The van der Waals surface area contributed by atoms with E-state index in [1.807, 2.05) is 24.4 Å². The number of hydrogen-bond acceptors (Lipinski definition) is 6. The second-order valence-electron chi connectivity index (χ2n) is 5.68. The number of aromatic amines is 1. The molecule has 0 spiro atoms. The first-order valence-electron chi connectivity index (χ1n) is 7.68. The lowest BCUT2D eigenvalue weighted by atomic mass is 9.98. The molecule has 0 bridgehead atoms. The highest BCUT2D eigenvalue weighted by atomic mass is 16.4. The number of carboxylic acids is 2. The molecule has 2 aromatic rings. The number of benzene rings is 1. The summed E-state index contributed by atoms with van der Waals surface area (Å²) in [7, 11) is 0. The summed E-state index contributed by atoms with van der Waals surface area (Å²) in [5, 5.41) is 36.5. The van der Waals surface area contributed by atoms with E-state index in [-0.39, 0.29) is 11.8 Å². The quantitative estimate of drug-likeness (QED) is 0.353. The lowest BCUT2D eigenvalue weighted by Crippen LogP contribution is -2.39. The number of nitrogens with two attached hydrogens (primary N) is 1. The Labute approximate surface area is 147 Å². The van der Waals surface area contributed by atoms with Crippen LogP contribution in [-0.4, -0.2) is 68.6 Å². The Bertz CT molecular complexity index is 814. The molecule has 10 nitrogen and oxygen atoms in total. The SMILES string of the molecule is NC[C@H]1CNC(=O)c2cccc3[nH]cc1c23.O=C(O)C(O)C(O)C(=O)O. The van der Waals surface area contributed by atoms with Gasteiger partial charge in [-0.3, -0.25) is 4.79 Å². The van der Waals surface area contributed by atoms with Crippen LogP contribution in [0.4, 0.5) is 0 Å². The van der Waals surface area contributed by atoms with Gasteiger partial charge in [0.2, 0.25) is 0 Å². The Kier molecular flexibility index (Phi) is 5.93. The monoisotopic (exact) mass is 365 g/mol. The molecule has 1 aliphatic heterocycles. The Hall–Kier alpha value is -2.95. The van der Waals surface area contributed by atoms with Gasteiger partial charge in [0.1, 0.15) is 0 Å². The van der Waals surface area contributed by atoms with Gasteiger partial charge in [0.15, 0.2) is 12.2 Å². The predicted octanol–water partition coefficient (Wildman–Crippen LogP) is -1.17. The van der Waals surface area contributed by atoms with Crippen molar-refractivity contribution in [1.82, 2.24) is 10.3 Å². The average molecular weight is 365 g/mol. The summed E-state index contributed by atoms with van der Waals surface area (Å²) in [6.45, 7) is 1.15. The third-order valence-corrected chi connectivity index (χ3v) is 4.02. The van der Waals surface area contributed by atoms with Gasteiger partial charge in [0.25, 0.3) is 5.91 Å². The van der Waals surface area contributed by atoms with E-state index in [9.17, 15) is 14.4 Å². The van der Waals surface area contributed by atoms with Gasteiger partial charge in [-0.05, 0) is 17.7 Å². The van der Waals surface area contributed by atoms with E-state index in [0.29, 0.717) is 13.1 Å². The molecule has 0 aliphatic carbocycles. The molecule has 3 rings (SSSR count). The first-order chi connectivity index (χ1) is 12.3. The van der Waals surface area contributed by atoms with Crippen molar-refractivity contribution in [2.24, 2.45) is 5.73 Å². The largest absolute Gasteiger partial charge is 0.479 e. The van der Waals surface area contributed by atoms with Gasteiger partial charge < -0.3 is 36.5 Å². The maximum Gasteiger partial charge on any atom is 0.335 e. The van der Waals surface area contributed by atoms with Crippen molar-refractivity contribution in [3.63, 3.8) is 0 Å². The number of aliphatic carboxylic acids is 2. The minimum atomic E-state index is -2.27. The fraction of sp³-hybridized carbons (Fsp3) is 0.312. The predicted molar refractivity (Wildman–Crippen MR) is 89.7 cm³/mol. The van der Waals surface area contributed by atoms with Crippen molar-refractivity contribution in [2.75, 3.05) is 13.1 Å². The van der Waals surface area contributed by atoms with Crippen molar-refractivity contribution >= 4 is 28.7 Å². The third kappa shape index (κ3) is 3.82. The number of carbonyl (C=O) groups is 3. The summed E-state index contributed by atoms with van der Waals surface area (Å²) < 4.78 is 0. The summed E-state index contributed by atoms with van der Waals surface area (Å²) in [5.74, 6) is -3.35. The van der Waals surface area contributed by atoms with Crippen LogP contribution >= 0.6 is 0 Å². The van der Waals surface area contributed by atoms with Gasteiger partial charge in [0, 0.05) is 41.7 Å². The van der Waals surface area contributed by atoms with Crippen LogP contribution in [0.2, 0.25) is 0 Å². The fourth-order valence-corrected chi connectivity index (χ4v) is 2.62. The van der Waals surface area contributed by atoms with Crippen LogP contribution in [0.3, 0.4) is 0 Å². The molecule has 1 aromatic carbocycles. The lowest BCUT2D eigenvalue weighted by Gasteiger charge is -2.10. The normalized spacial score (nSPS) is 18.1. The number of nitrogens with one attached hydrogen (secondary N) is 2. The zero-order valence-electron chi connectivity index (χ0n) is 13.5. The highest BCUT2D eigenvalue weighted by Gasteiger charge is 2.29. The zero-order valence-corrected chi connectivity index (χ0v) is 13.5. The Morgan fingerprint density at radius 3 is 2.35 bits per heavy atom. The standard InChI is InChI=1S/C12H13N3O.C4H6O6/c13-4-7-5-15-12(16)8-2-1-3-10-11(8)9(7)6-14-10;5-1(3(7)8)2(6)4(9)10/h1-3,6-7,14H,4-5,13H2,(H,15,16);1-2,5-6H,(H,7,8)(H,9,10)/t7-;/m0./s1. The van der Waals surface area contributed by atoms with Crippen LogP contribution < -0.4 is 11.1 Å². The van der Waals surface area contributed by atoms with E-state index in [0.717, 1.165) is 22.0 Å². The van der Waals surface area contributed by atoms with Crippen LogP contribution in [0.1, 0.15) is 21.8 Å². The maximum atomic E-state index is 11.9. The number of aliphatic hydroxyl groups excluding tert-OH is 2. The van der Waals surface area contributed by atoms with Gasteiger partial charge in [-0.15, -0.1) is 0 Å². The van der Waals surface area contributed by atoms with E-state index >= 15 is 0 Å². The molecular weight excluding hydrogens is 346 g/mol. The van der Waals surface area contributed by atoms with E-state index in [2.05, 4.69) is 10.3 Å². The Morgan fingerprint density at radius 2 is 1.81 bits per heavy atom. The molecule has 2 heterocycles. The van der Waals surface area contributed by atoms with Gasteiger partial charge in [-0.2, -0.15) is 0 Å². The summed E-state index contributed by atoms with van der Waals surface area (Å²) in [6, 6.07) is 5.72. The summed E-state index contributed by atoms with van der Waals surface area (Å²) in [5.41, 5.74) is 8.63. The van der Waals surface area contributed by atoms with Crippen molar-refractivity contribution in [1.29, 1.82) is 0 Å². The minimum Gasteiger partial charge on any atom is -0.479 e. The molecule has 2 unspecified atom stereocenters. The van der Waals surface area contributed by atoms with Gasteiger partial charge >= 0.3 is 11.9 Å². The summed E-state index contributed by atoms with van der Waals surface area (Å²) >= 11 is 0. The minimum absolute atomic E-state index is 0.0117. The topological polar surface area (TPSA) is 186 Å². The number of carboxylic acid groups (broad SMARTS) is 2. The van der Waals surface area contributed by atoms with Crippen LogP contribution in [0, 0.1) is 0 Å². The smallest absolute Gasteiger partial charge is 0.335 e. The van der Waals surface area contributed by atoms with Crippen molar-refractivity contribution in [3.8, 4) is 0 Å². The van der Waals surface area contributed by atoms with Gasteiger partial charge in [0.05, 0.1) is 0 Å². The van der Waals surface area contributed by atoms with Gasteiger partial charge in [-0.1, -0.05) is 6.07 Å². The highest BCUT2D eigenvalue weighted by Crippen LogP contribution is 2.30. The van der Waals surface area contributed by atoms with E-state index < -0.39 is 24.1 Å². The fourth-order valence-electron chi connectivity index (χ4n) is 2.62. The number of carbonyl (C=O) groups excluding carboxylic acids is 1. The molecule has 0 saturated heterocycles. The number of H-pyrrole nitrogens is 1. The number of aliphatic hydroxyl groups is 2. The molecule has 3 atom stereocenters. The first kappa shape index (κ1) is 19.4. The molecule has 1 aliphatic rings. The molecule has 10 heteroatoms. The zero-order chi connectivity index (χ0) is 19.4. The number of hydrogen-bond donors (Lipinski definition) is 7. The molecule has 1 amide bonds. The second-order valence-corrected chi connectivity index (χ2v) is 5.68. The lowest BCUT2D eigenvalue weighted by molar-refractivity contribution is -0.165. The van der Waals surface area contributed by atoms with E-state index in [4.69, 9.17) is 26.2 Å². The van der Waals surface area contributed by atoms with E-state index in [1.54, 1.807) is 0 Å². The molecule has 8 N–H and O–H groups in total. The van der Waals surface area contributed by atoms with Crippen LogP contribution in [0.15, 0.2) is 24.4 Å². The highest BCUT2D eigenvalue weighted by molar-refractivity contribution is 6.08. The van der Waals surface area contributed by atoms with Crippen LogP contribution in [0.25, 0.3) is 10.9 Å². The van der Waals surface area contributed by atoms with Gasteiger partial charge in [-0.25, -0.2) is 9.59 Å². The number of amides is 1. The molecule has 26 heavy (non-hydrogen) atoms. The second kappa shape index (κ2) is 7.95. The molecule has 0 radical (unpaired) electrons. The third-order valence-electron chi connectivity index (χ3n) is 4.02. The van der Waals surface area contributed by atoms with E-state index in [1.165, 1.54) is 0 Å². The summed E-state index contributed by atoms with van der Waals surface area (Å²) in [4.78, 5) is 34.6. The van der Waals surface area contributed by atoms with Crippen molar-refractivity contribution in [3.05, 3.63) is 35.5 Å². The Morgan fingerprint density at radius 1 is 1.19 bits per heavy atom.